The van der Waals surface area contributed by atoms with Crippen molar-refractivity contribution >= 4 is 33.2 Å². The molecule has 0 spiro atoms. The number of anilines is 1. The summed E-state index contributed by atoms with van der Waals surface area (Å²) < 4.78 is 66.3. The third-order valence-corrected chi connectivity index (χ3v) is 6.67. The molecule has 1 aromatic carbocycles. The quantitative estimate of drug-likeness (QED) is 0.396. The Balaban J connectivity index is 2.13. The van der Waals surface area contributed by atoms with Crippen LogP contribution in [0.25, 0.3) is 5.57 Å². The van der Waals surface area contributed by atoms with Crippen LogP contribution in [0.4, 0.5) is 19.3 Å². The minimum absolute atomic E-state index is 0.0175. The normalized spacial score (nSPS) is 18.2. The molecule has 200 valence electrons. The number of sulfone groups is 1. The van der Waals surface area contributed by atoms with Crippen LogP contribution in [0, 0.1) is 5.92 Å². The van der Waals surface area contributed by atoms with Gasteiger partial charge in [0.2, 0.25) is 0 Å². The van der Waals surface area contributed by atoms with Crippen LogP contribution in [0.15, 0.2) is 23.1 Å². The molecular weight excluding hydrogens is 502 g/mol. The van der Waals surface area contributed by atoms with E-state index in [4.69, 9.17) is 9.47 Å². The van der Waals surface area contributed by atoms with Gasteiger partial charge in [-0.2, -0.15) is 8.78 Å². The largest absolute Gasteiger partial charge is 0.467 e. The van der Waals surface area contributed by atoms with E-state index in [0.717, 1.165) is 42.2 Å². The molecule has 10 nitrogen and oxygen atoms in total. The number of carbonyl (C=O) groups excluding carboxylic acids is 2. The van der Waals surface area contributed by atoms with Crippen molar-refractivity contribution in [3.63, 3.8) is 0 Å². The Morgan fingerprint density at radius 1 is 1.25 bits per heavy atom. The first kappa shape index (κ1) is 27.7. The van der Waals surface area contributed by atoms with Crippen LogP contribution in [0.5, 0.6) is 5.75 Å². The standard InChI is InChI=1S/C23H30F2N2O8S/c1-23(2,3)35-22(29)26-12-14(8-17(26)20(28)33-4)15-9-16(27(30)11-13-6-7-13)18(34-21(24)25)10-19(15)36(5,31)32/h8-10,13,17,21,30H,6-7,11-12H2,1-5H3/t17-/m1/s1. The van der Waals surface area contributed by atoms with E-state index in [0.29, 0.717) is 0 Å². The Kier molecular flexibility index (Phi) is 7.84. The van der Waals surface area contributed by atoms with Crippen LogP contribution in [0.2, 0.25) is 0 Å². The van der Waals surface area contributed by atoms with Crippen molar-refractivity contribution in [3.05, 3.63) is 23.8 Å². The van der Waals surface area contributed by atoms with Gasteiger partial charge in [0.15, 0.2) is 21.6 Å². The minimum Gasteiger partial charge on any atom is -0.467 e. The van der Waals surface area contributed by atoms with Crippen molar-refractivity contribution in [2.45, 2.75) is 56.8 Å². The topological polar surface area (TPSA) is 123 Å². The van der Waals surface area contributed by atoms with Crippen molar-refractivity contribution < 1.29 is 46.2 Å². The molecule has 1 aliphatic carbocycles. The maximum absolute atomic E-state index is 13.1. The second-order valence-corrected chi connectivity index (χ2v) is 11.7. The fraction of sp³-hybridized carbons (Fsp3) is 0.565. The number of nitrogens with zero attached hydrogens (tertiary/aromatic N) is 2. The summed E-state index contributed by atoms with van der Waals surface area (Å²) in [7, 11) is -2.87. The fourth-order valence-electron chi connectivity index (χ4n) is 3.75. The first-order valence-corrected chi connectivity index (χ1v) is 13.1. The van der Waals surface area contributed by atoms with Crippen molar-refractivity contribution in [1.29, 1.82) is 0 Å². The van der Waals surface area contributed by atoms with Gasteiger partial charge in [-0.05, 0) is 57.2 Å². The summed E-state index contributed by atoms with van der Waals surface area (Å²) in [4.78, 5) is 26.0. The molecule has 1 aliphatic heterocycles. The predicted molar refractivity (Wildman–Crippen MR) is 125 cm³/mol. The van der Waals surface area contributed by atoms with Gasteiger partial charge in [0, 0.05) is 24.4 Å². The molecule has 1 amide bonds. The Morgan fingerprint density at radius 2 is 1.89 bits per heavy atom. The van der Waals surface area contributed by atoms with Crippen molar-refractivity contribution in [1.82, 2.24) is 4.90 Å². The zero-order valence-electron chi connectivity index (χ0n) is 20.7. The SMILES string of the molecule is COC(=O)[C@H]1C=C(c2cc(N(O)CC3CC3)c(OC(F)F)cc2S(C)(=O)=O)CN1C(=O)OC(C)(C)C. The molecule has 0 unspecified atom stereocenters. The van der Waals surface area contributed by atoms with Gasteiger partial charge in [0.25, 0.3) is 0 Å². The highest BCUT2D eigenvalue weighted by Gasteiger charge is 2.39. The van der Waals surface area contributed by atoms with Gasteiger partial charge in [-0.1, -0.05) is 0 Å². The number of hydrogen-bond acceptors (Lipinski definition) is 9. The van der Waals surface area contributed by atoms with Crippen molar-refractivity contribution in [2.24, 2.45) is 5.92 Å². The Labute approximate surface area is 208 Å². The zero-order valence-corrected chi connectivity index (χ0v) is 21.5. The predicted octanol–water partition coefficient (Wildman–Crippen LogP) is 3.47. The smallest absolute Gasteiger partial charge is 0.411 e. The lowest BCUT2D eigenvalue weighted by Crippen LogP contribution is -2.44. The molecule has 13 heteroatoms. The summed E-state index contributed by atoms with van der Waals surface area (Å²) in [6.45, 7) is 1.56. The van der Waals surface area contributed by atoms with Crippen molar-refractivity contribution in [2.75, 3.05) is 31.5 Å². The van der Waals surface area contributed by atoms with E-state index in [-0.39, 0.29) is 40.7 Å². The van der Waals surface area contributed by atoms with E-state index in [1.165, 1.54) is 12.1 Å². The fourth-order valence-corrected chi connectivity index (χ4v) is 4.66. The Morgan fingerprint density at radius 3 is 2.39 bits per heavy atom. The molecule has 1 fully saturated rings. The summed E-state index contributed by atoms with van der Waals surface area (Å²) in [5, 5.41) is 11.4. The number of rotatable bonds is 8. The summed E-state index contributed by atoms with van der Waals surface area (Å²) in [6.07, 6.45) is 3.11. The zero-order chi connectivity index (χ0) is 27.0. The monoisotopic (exact) mass is 532 g/mol. The Bertz CT molecular complexity index is 1160. The van der Waals surface area contributed by atoms with Crippen molar-refractivity contribution in [3.8, 4) is 5.75 Å². The summed E-state index contributed by atoms with van der Waals surface area (Å²) in [5.41, 5.74) is -0.804. The van der Waals surface area contributed by atoms with Gasteiger partial charge in [0.05, 0.1) is 18.6 Å². The van der Waals surface area contributed by atoms with Crippen LogP contribution >= 0.6 is 0 Å². The van der Waals surface area contributed by atoms with Gasteiger partial charge in [-0.3, -0.25) is 15.2 Å². The maximum Gasteiger partial charge on any atom is 0.411 e. The molecule has 1 N–H and O–H groups in total. The second kappa shape index (κ2) is 10.2. The van der Waals surface area contributed by atoms with Crippen LogP contribution in [0.3, 0.4) is 0 Å². The van der Waals surface area contributed by atoms with Gasteiger partial charge in [0.1, 0.15) is 11.3 Å². The van der Waals surface area contributed by atoms with Gasteiger partial charge in [-0.25, -0.2) is 18.0 Å². The van der Waals surface area contributed by atoms with Gasteiger partial charge >= 0.3 is 18.7 Å². The molecule has 0 aromatic heterocycles. The average Bonchev–Trinajstić information content (AvgIpc) is 3.44. The highest BCUT2D eigenvalue weighted by molar-refractivity contribution is 7.90. The minimum atomic E-state index is -4.01. The molecule has 1 aromatic rings. The molecule has 1 heterocycles. The highest BCUT2D eigenvalue weighted by Crippen LogP contribution is 2.41. The number of benzene rings is 1. The summed E-state index contributed by atoms with van der Waals surface area (Å²) >= 11 is 0. The van der Waals surface area contributed by atoms with Crippen LogP contribution in [0.1, 0.15) is 39.2 Å². The molecule has 0 saturated heterocycles. The second-order valence-electron chi connectivity index (χ2n) is 9.76. The average molecular weight is 533 g/mol. The number of hydrogen-bond donors (Lipinski definition) is 1. The molecule has 1 atom stereocenters. The third-order valence-electron chi connectivity index (χ3n) is 5.53. The number of ether oxygens (including phenoxy) is 3. The molecule has 1 saturated carbocycles. The van der Waals surface area contributed by atoms with Crippen LogP contribution < -0.4 is 9.80 Å². The van der Waals surface area contributed by atoms with Crippen LogP contribution in [-0.2, 0) is 24.1 Å². The van der Waals surface area contributed by atoms with Crippen LogP contribution in [-0.4, -0.2) is 75.3 Å². The number of esters is 1. The molecule has 2 aliphatic rings. The Hall–Kier alpha value is -2.93. The number of carbonyl (C=O) groups is 2. The van der Waals surface area contributed by atoms with E-state index in [1.54, 1.807) is 20.8 Å². The van der Waals surface area contributed by atoms with E-state index in [9.17, 15) is 32.0 Å². The summed E-state index contributed by atoms with van der Waals surface area (Å²) in [5.74, 6) is -1.15. The van der Waals surface area contributed by atoms with Gasteiger partial charge < -0.3 is 14.2 Å². The third kappa shape index (κ3) is 6.64. The number of hydroxylamine groups is 1. The highest BCUT2D eigenvalue weighted by atomic mass is 32.2. The van der Waals surface area contributed by atoms with E-state index < -0.39 is 45.9 Å². The molecule has 36 heavy (non-hydrogen) atoms. The lowest BCUT2D eigenvalue weighted by atomic mass is 10.0. The molecule has 3 rings (SSSR count). The number of amides is 1. The number of halogens is 2. The van der Waals surface area contributed by atoms with E-state index in [2.05, 4.69) is 4.74 Å². The molecule has 0 radical (unpaired) electrons. The summed E-state index contributed by atoms with van der Waals surface area (Å²) in [6, 6.07) is 0.895. The van der Waals surface area contributed by atoms with Gasteiger partial charge in [-0.15, -0.1) is 0 Å². The maximum atomic E-state index is 13.1. The first-order valence-electron chi connectivity index (χ1n) is 11.2. The first-order chi connectivity index (χ1) is 16.6. The number of methoxy groups -OCH3 is 1. The molecule has 0 bridgehead atoms. The van der Waals surface area contributed by atoms with E-state index in [1.807, 2.05) is 0 Å². The lowest BCUT2D eigenvalue weighted by Gasteiger charge is -2.27. The lowest BCUT2D eigenvalue weighted by molar-refractivity contribution is -0.144. The number of alkyl halides is 2. The van der Waals surface area contributed by atoms with E-state index >= 15 is 0 Å². The molecular formula is C23H30F2N2O8S.